The molecule has 1 amide bonds. The van der Waals surface area contributed by atoms with Crippen molar-refractivity contribution in [1.29, 1.82) is 5.41 Å². The summed E-state index contributed by atoms with van der Waals surface area (Å²) in [5.74, 6) is 0.126. The maximum atomic E-state index is 12.6. The maximum absolute atomic E-state index is 12.6. The van der Waals surface area contributed by atoms with Crippen molar-refractivity contribution in [1.82, 2.24) is 25.1 Å². The lowest BCUT2D eigenvalue weighted by atomic mass is 9.63. The number of amides is 1. The lowest BCUT2D eigenvalue weighted by Crippen LogP contribution is -2.50. The molecule has 2 heterocycles. The fraction of sp³-hybridized carbons (Fsp3) is 0.286. The zero-order chi connectivity index (χ0) is 21.1. The van der Waals surface area contributed by atoms with Gasteiger partial charge in [0.15, 0.2) is 0 Å². The van der Waals surface area contributed by atoms with Crippen LogP contribution in [0.1, 0.15) is 35.2 Å². The highest BCUT2D eigenvalue weighted by Gasteiger charge is 2.43. The fourth-order valence-corrected chi connectivity index (χ4v) is 3.72. The molecule has 0 saturated heterocycles. The van der Waals surface area contributed by atoms with Crippen molar-refractivity contribution in [2.24, 2.45) is 5.73 Å². The van der Waals surface area contributed by atoms with Crippen molar-refractivity contribution >= 4 is 17.7 Å². The number of nitrogens with zero attached hydrogens (tertiary/aromatic N) is 4. The number of nitrogen functional groups attached to an aromatic ring is 1. The molecule has 1 saturated carbocycles. The number of aromatic nitrogens is 4. The van der Waals surface area contributed by atoms with Crippen molar-refractivity contribution in [3.8, 4) is 11.1 Å². The molecular formula is C21H24N8O. The molecule has 0 spiro atoms. The highest BCUT2D eigenvalue weighted by atomic mass is 16.1. The minimum Gasteiger partial charge on any atom is -0.368 e. The minimum atomic E-state index is -0.473. The van der Waals surface area contributed by atoms with E-state index >= 15 is 0 Å². The Morgan fingerprint density at radius 1 is 1.13 bits per heavy atom. The van der Waals surface area contributed by atoms with Gasteiger partial charge in [-0.25, -0.2) is 9.97 Å². The van der Waals surface area contributed by atoms with Gasteiger partial charge in [-0.1, -0.05) is 30.7 Å². The largest absolute Gasteiger partial charge is 0.368 e. The van der Waals surface area contributed by atoms with Crippen LogP contribution in [0.3, 0.4) is 0 Å². The van der Waals surface area contributed by atoms with Crippen LogP contribution in [0.15, 0.2) is 49.1 Å². The first-order chi connectivity index (χ1) is 14.5. The normalized spacial score (nSPS) is 14.7. The topological polar surface area (TPSA) is 149 Å². The van der Waals surface area contributed by atoms with Gasteiger partial charge in [0.1, 0.15) is 5.84 Å². The first-order valence-electron chi connectivity index (χ1n) is 9.83. The van der Waals surface area contributed by atoms with Crippen LogP contribution in [0.5, 0.6) is 0 Å². The molecule has 0 atom stereocenters. The van der Waals surface area contributed by atoms with Crippen LogP contribution in [0.25, 0.3) is 11.1 Å². The average molecular weight is 404 g/mol. The Labute approximate surface area is 174 Å². The quantitative estimate of drug-likeness (QED) is 0.363. The molecule has 6 N–H and O–H groups in total. The first-order valence-corrected chi connectivity index (χ1v) is 9.83. The summed E-state index contributed by atoms with van der Waals surface area (Å²) in [5, 5.41) is 15.5. The van der Waals surface area contributed by atoms with E-state index in [-0.39, 0.29) is 17.7 Å². The van der Waals surface area contributed by atoms with E-state index in [1.54, 1.807) is 23.3 Å². The van der Waals surface area contributed by atoms with E-state index in [0.717, 1.165) is 36.0 Å². The Hall–Kier alpha value is -3.59. The summed E-state index contributed by atoms with van der Waals surface area (Å²) < 4.78 is 1.62. The standard InChI is InChI=1S/C21H24N8O/c22-8-9-29-13-16(12-27-29)18(30)28-19(23)21(6-1-7-21)17-4-2-14(3-5-17)15-10-25-20(24)26-11-15/h2-5,10-13H,1,6-9,22H2,(H2,23,28,30)(H2,24,25,26). The SMILES string of the molecule is N=C(NC(=O)c1cnn(CCN)c1)C1(c2ccc(-c3cnc(N)nc3)cc2)CCC1. The van der Waals surface area contributed by atoms with E-state index < -0.39 is 5.41 Å². The Morgan fingerprint density at radius 2 is 1.83 bits per heavy atom. The molecule has 9 heteroatoms. The van der Waals surface area contributed by atoms with Crippen LogP contribution in [0, 0.1) is 5.41 Å². The van der Waals surface area contributed by atoms with Crippen molar-refractivity contribution in [3.63, 3.8) is 0 Å². The van der Waals surface area contributed by atoms with Gasteiger partial charge in [-0.05, 0) is 24.0 Å². The summed E-state index contributed by atoms with van der Waals surface area (Å²) >= 11 is 0. The van der Waals surface area contributed by atoms with Gasteiger partial charge < -0.3 is 16.8 Å². The molecule has 9 nitrogen and oxygen atoms in total. The maximum Gasteiger partial charge on any atom is 0.259 e. The van der Waals surface area contributed by atoms with E-state index in [0.29, 0.717) is 18.7 Å². The highest BCUT2D eigenvalue weighted by molar-refractivity contribution is 6.09. The highest BCUT2D eigenvalue weighted by Crippen LogP contribution is 2.44. The van der Waals surface area contributed by atoms with Gasteiger partial charge in [-0.15, -0.1) is 0 Å². The number of amidine groups is 1. The Bertz CT molecular complexity index is 1050. The summed E-state index contributed by atoms with van der Waals surface area (Å²) in [6.07, 6.45) is 9.17. The molecule has 1 fully saturated rings. The number of hydrogen-bond acceptors (Lipinski definition) is 7. The summed E-state index contributed by atoms with van der Waals surface area (Å²) in [5.41, 5.74) is 13.9. The summed E-state index contributed by atoms with van der Waals surface area (Å²) in [6, 6.07) is 7.97. The molecule has 0 unspecified atom stereocenters. The predicted molar refractivity (Wildman–Crippen MR) is 114 cm³/mol. The smallest absolute Gasteiger partial charge is 0.259 e. The minimum absolute atomic E-state index is 0.217. The second-order valence-corrected chi connectivity index (χ2v) is 7.45. The van der Waals surface area contributed by atoms with Crippen molar-refractivity contribution in [2.75, 3.05) is 12.3 Å². The van der Waals surface area contributed by atoms with Crippen molar-refractivity contribution in [2.45, 2.75) is 31.2 Å². The van der Waals surface area contributed by atoms with Gasteiger partial charge in [-0.2, -0.15) is 5.10 Å². The number of rotatable bonds is 6. The third-order valence-corrected chi connectivity index (χ3v) is 5.62. The van der Waals surface area contributed by atoms with Crippen LogP contribution in [0.4, 0.5) is 5.95 Å². The van der Waals surface area contributed by atoms with E-state index in [2.05, 4.69) is 20.4 Å². The third kappa shape index (κ3) is 3.67. The van der Waals surface area contributed by atoms with E-state index in [9.17, 15) is 4.79 Å². The van der Waals surface area contributed by atoms with Crippen LogP contribution in [-0.2, 0) is 12.0 Å². The Kier molecular flexibility index (Phi) is 5.28. The predicted octanol–water partition coefficient (Wildman–Crippen LogP) is 1.71. The molecule has 4 rings (SSSR count). The van der Waals surface area contributed by atoms with Crippen LogP contribution in [0.2, 0.25) is 0 Å². The van der Waals surface area contributed by atoms with Gasteiger partial charge in [-0.3, -0.25) is 14.9 Å². The fourth-order valence-electron chi connectivity index (χ4n) is 3.72. The second-order valence-electron chi connectivity index (χ2n) is 7.45. The zero-order valence-corrected chi connectivity index (χ0v) is 16.5. The molecule has 154 valence electrons. The first kappa shape index (κ1) is 19.7. The van der Waals surface area contributed by atoms with Crippen LogP contribution >= 0.6 is 0 Å². The summed E-state index contributed by atoms with van der Waals surface area (Å²) in [7, 11) is 0. The molecule has 1 aliphatic carbocycles. The molecule has 1 aliphatic rings. The second kappa shape index (κ2) is 8.03. The van der Waals surface area contributed by atoms with Gasteiger partial charge in [0.05, 0.1) is 23.7 Å². The molecule has 2 aromatic heterocycles. The molecule has 0 radical (unpaired) electrons. The van der Waals surface area contributed by atoms with Gasteiger partial charge >= 0.3 is 0 Å². The number of carbonyl (C=O) groups excluding carboxylic acids is 1. The number of benzene rings is 1. The van der Waals surface area contributed by atoms with Crippen LogP contribution < -0.4 is 16.8 Å². The van der Waals surface area contributed by atoms with Crippen molar-refractivity contribution < 1.29 is 4.79 Å². The molecule has 0 bridgehead atoms. The van der Waals surface area contributed by atoms with E-state index in [4.69, 9.17) is 16.9 Å². The van der Waals surface area contributed by atoms with E-state index in [1.165, 1.54) is 6.20 Å². The van der Waals surface area contributed by atoms with Gasteiger partial charge in [0, 0.05) is 30.7 Å². The number of anilines is 1. The summed E-state index contributed by atoms with van der Waals surface area (Å²) in [4.78, 5) is 20.7. The van der Waals surface area contributed by atoms with Gasteiger partial charge in [0.2, 0.25) is 5.95 Å². The lowest BCUT2D eigenvalue weighted by Gasteiger charge is -2.42. The van der Waals surface area contributed by atoms with Crippen LogP contribution in [-0.4, -0.2) is 38.0 Å². The molecular weight excluding hydrogens is 380 g/mol. The molecule has 1 aromatic carbocycles. The number of carbonyl (C=O) groups is 1. The third-order valence-electron chi connectivity index (χ3n) is 5.62. The molecule has 30 heavy (non-hydrogen) atoms. The van der Waals surface area contributed by atoms with Crippen molar-refractivity contribution in [3.05, 3.63) is 60.2 Å². The van der Waals surface area contributed by atoms with E-state index in [1.807, 2.05) is 24.3 Å². The molecule has 0 aliphatic heterocycles. The van der Waals surface area contributed by atoms with Gasteiger partial charge in [0.25, 0.3) is 5.91 Å². The monoisotopic (exact) mass is 404 g/mol. The zero-order valence-electron chi connectivity index (χ0n) is 16.5. The lowest BCUT2D eigenvalue weighted by molar-refractivity contribution is 0.0972. The summed E-state index contributed by atoms with van der Waals surface area (Å²) in [6.45, 7) is 0.986. The Morgan fingerprint density at radius 3 is 2.43 bits per heavy atom. The number of hydrogen-bond donors (Lipinski definition) is 4. The number of nitrogens with one attached hydrogen (secondary N) is 2. The molecule has 3 aromatic rings. The Balaban J connectivity index is 1.50. The average Bonchev–Trinajstić information content (AvgIpc) is 3.17. The number of nitrogens with two attached hydrogens (primary N) is 2.